The van der Waals surface area contributed by atoms with E-state index in [2.05, 4.69) is 4.72 Å². The number of halogens is 2. The third-order valence-electron chi connectivity index (χ3n) is 3.44. The molecule has 3 aromatic rings. The van der Waals surface area contributed by atoms with E-state index in [0.29, 0.717) is 20.8 Å². The van der Waals surface area contributed by atoms with Gasteiger partial charge >= 0.3 is 5.97 Å². The van der Waals surface area contributed by atoms with Gasteiger partial charge in [0.25, 0.3) is 0 Å². The van der Waals surface area contributed by atoms with Crippen LogP contribution in [-0.4, -0.2) is 24.3 Å². The first-order valence-corrected chi connectivity index (χ1v) is 10.5. The molecule has 146 valence electrons. The lowest BCUT2D eigenvalue weighted by molar-refractivity contribution is 0.0447. The van der Waals surface area contributed by atoms with Crippen molar-refractivity contribution >= 4 is 58.1 Å². The van der Waals surface area contributed by atoms with Crippen LogP contribution in [0.2, 0.25) is 9.36 Å². The fourth-order valence-electron chi connectivity index (χ4n) is 2.14. The smallest absolute Gasteiger partial charge is 0.342 e. The van der Waals surface area contributed by atoms with Gasteiger partial charge in [-0.3, -0.25) is 0 Å². The Hall–Kier alpha value is -2.06. The highest BCUT2D eigenvalue weighted by atomic mass is 35.5. The maximum atomic E-state index is 12.1. The number of phenolic OH excluding ortho intramolecular Hbond substituents is 1. The number of phenols is 1. The number of para-hydroxylation sites is 1. The van der Waals surface area contributed by atoms with Crippen molar-refractivity contribution in [1.29, 1.82) is 0 Å². The van der Waals surface area contributed by atoms with Crippen LogP contribution in [-0.2, 0) is 4.74 Å². The van der Waals surface area contributed by atoms with Crippen molar-refractivity contribution in [3.05, 3.63) is 69.5 Å². The lowest BCUT2D eigenvalue weighted by Gasteiger charge is -2.09. The van der Waals surface area contributed by atoms with Crippen molar-refractivity contribution in [2.75, 3.05) is 17.9 Å². The molecule has 9 heteroatoms. The van der Waals surface area contributed by atoms with E-state index in [-0.39, 0.29) is 24.5 Å². The molecule has 1 heterocycles. The van der Waals surface area contributed by atoms with Crippen molar-refractivity contribution in [2.24, 2.45) is 0 Å². The molecule has 0 radical (unpaired) electrons. The summed E-state index contributed by atoms with van der Waals surface area (Å²) >= 11 is 14.5. The van der Waals surface area contributed by atoms with Crippen LogP contribution < -0.4 is 9.46 Å². The molecular formula is C19H15Cl2NO4S2. The number of nitrogens with one attached hydrogen (secondary N) is 1. The second-order valence-electron chi connectivity index (χ2n) is 5.42. The summed E-state index contributed by atoms with van der Waals surface area (Å²) in [6.07, 6.45) is 0. The Morgan fingerprint density at radius 2 is 1.89 bits per heavy atom. The van der Waals surface area contributed by atoms with E-state index in [1.807, 2.05) is 30.3 Å². The predicted octanol–water partition coefficient (Wildman–Crippen LogP) is 6.12. The molecule has 0 unspecified atom stereocenters. The molecule has 5 nitrogen and oxygen atoms in total. The number of carbonyl (C=O) groups is 1. The molecule has 0 saturated carbocycles. The molecule has 0 bridgehead atoms. The third kappa shape index (κ3) is 5.72. The quantitative estimate of drug-likeness (QED) is 0.242. The Morgan fingerprint density at radius 1 is 1.11 bits per heavy atom. The van der Waals surface area contributed by atoms with Crippen molar-refractivity contribution in [2.45, 2.75) is 4.21 Å². The second kappa shape index (κ2) is 9.93. The first kappa shape index (κ1) is 20.7. The summed E-state index contributed by atoms with van der Waals surface area (Å²) in [6.45, 7) is 0.293. The van der Waals surface area contributed by atoms with Gasteiger partial charge < -0.3 is 19.3 Å². The van der Waals surface area contributed by atoms with E-state index in [1.54, 1.807) is 12.1 Å². The van der Waals surface area contributed by atoms with Gasteiger partial charge in [-0.2, -0.15) is 0 Å². The molecule has 2 aromatic carbocycles. The number of anilines is 1. The van der Waals surface area contributed by atoms with Crippen LogP contribution in [0.5, 0.6) is 11.5 Å². The predicted molar refractivity (Wildman–Crippen MR) is 114 cm³/mol. The summed E-state index contributed by atoms with van der Waals surface area (Å²) in [5.74, 6) is -0.102. The van der Waals surface area contributed by atoms with Crippen molar-refractivity contribution in [3.63, 3.8) is 0 Å². The summed E-state index contributed by atoms with van der Waals surface area (Å²) in [6, 6.07) is 15.6. The molecule has 0 aliphatic heterocycles. The van der Waals surface area contributed by atoms with Gasteiger partial charge in [-0.15, -0.1) is 11.3 Å². The zero-order valence-electron chi connectivity index (χ0n) is 14.4. The van der Waals surface area contributed by atoms with Gasteiger partial charge in [0.2, 0.25) is 0 Å². The lowest BCUT2D eigenvalue weighted by atomic mass is 10.2. The minimum Gasteiger partial charge on any atom is -0.507 e. The number of esters is 1. The normalized spacial score (nSPS) is 10.5. The number of hydrogen-bond acceptors (Lipinski definition) is 7. The van der Waals surface area contributed by atoms with Gasteiger partial charge in [-0.1, -0.05) is 41.4 Å². The van der Waals surface area contributed by atoms with Crippen LogP contribution in [0.25, 0.3) is 0 Å². The molecule has 28 heavy (non-hydrogen) atoms. The highest BCUT2D eigenvalue weighted by molar-refractivity contribution is 8.02. The van der Waals surface area contributed by atoms with E-state index in [4.69, 9.17) is 32.7 Å². The van der Waals surface area contributed by atoms with E-state index >= 15 is 0 Å². The molecule has 2 N–H and O–H groups in total. The van der Waals surface area contributed by atoms with E-state index in [1.165, 1.54) is 35.4 Å². The Kier molecular flexibility index (Phi) is 7.33. The zero-order chi connectivity index (χ0) is 19.9. The summed E-state index contributed by atoms with van der Waals surface area (Å²) in [7, 11) is 0. The van der Waals surface area contributed by atoms with Crippen LogP contribution in [0.4, 0.5) is 5.69 Å². The van der Waals surface area contributed by atoms with Crippen molar-refractivity contribution in [3.8, 4) is 11.5 Å². The lowest BCUT2D eigenvalue weighted by Crippen LogP contribution is -2.12. The van der Waals surface area contributed by atoms with Gasteiger partial charge in [0, 0.05) is 11.8 Å². The number of rotatable bonds is 8. The van der Waals surface area contributed by atoms with Gasteiger partial charge in [0.15, 0.2) is 0 Å². The number of benzene rings is 2. The number of aromatic hydroxyl groups is 1. The molecule has 3 rings (SSSR count). The van der Waals surface area contributed by atoms with E-state index in [0.717, 1.165) is 4.21 Å². The van der Waals surface area contributed by atoms with E-state index in [9.17, 15) is 9.90 Å². The minimum absolute atomic E-state index is 0.0723. The first-order valence-electron chi connectivity index (χ1n) is 8.08. The number of thiophene rings is 1. The van der Waals surface area contributed by atoms with Gasteiger partial charge in [0.1, 0.15) is 34.6 Å². The highest BCUT2D eigenvalue weighted by Crippen LogP contribution is 2.37. The van der Waals surface area contributed by atoms with Crippen LogP contribution in [0.3, 0.4) is 0 Å². The minimum atomic E-state index is -0.620. The standard InChI is InChI=1S/C19H15Cl2NO4S2/c20-15-11-17(27-18(15)21)28-22-12-6-7-14(16(23)10-12)19(24)26-9-8-25-13-4-2-1-3-5-13/h1-7,10-11,22-23H,8-9H2. The average Bonchev–Trinajstić information content (AvgIpc) is 3.02. The van der Waals surface area contributed by atoms with Crippen molar-refractivity contribution < 1.29 is 19.4 Å². The molecule has 0 aliphatic carbocycles. The highest BCUT2D eigenvalue weighted by Gasteiger charge is 2.14. The largest absolute Gasteiger partial charge is 0.507 e. The molecule has 0 amide bonds. The summed E-state index contributed by atoms with van der Waals surface area (Å²) in [4.78, 5) is 12.1. The average molecular weight is 456 g/mol. The first-order chi connectivity index (χ1) is 13.5. The second-order valence-corrected chi connectivity index (χ2v) is 8.59. The number of ether oxygens (including phenoxy) is 2. The van der Waals surface area contributed by atoms with Gasteiger partial charge in [-0.05, 0) is 42.3 Å². The van der Waals surface area contributed by atoms with Crippen LogP contribution in [0.15, 0.2) is 58.8 Å². The summed E-state index contributed by atoms with van der Waals surface area (Å²) < 4.78 is 15.0. The maximum absolute atomic E-state index is 12.1. The monoisotopic (exact) mass is 455 g/mol. The number of carbonyl (C=O) groups excluding carboxylic acids is 1. The molecule has 0 spiro atoms. The molecule has 0 saturated heterocycles. The molecule has 0 atom stereocenters. The Morgan fingerprint density at radius 3 is 2.57 bits per heavy atom. The van der Waals surface area contributed by atoms with Gasteiger partial charge in [0.05, 0.1) is 9.23 Å². The topological polar surface area (TPSA) is 67.8 Å². The SMILES string of the molecule is O=C(OCCOc1ccccc1)c1ccc(NSc2cc(Cl)c(Cl)s2)cc1O. The fourth-order valence-corrected chi connectivity index (χ4v) is 4.51. The van der Waals surface area contributed by atoms with Crippen molar-refractivity contribution in [1.82, 2.24) is 0 Å². The van der Waals surface area contributed by atoms with E-state index < -0.39 is 5.97 Å². The summed E-state index contributed by atoms with van der Waals surface area (Å²) in [5.41, 5.74) is 0.699. The Labute approximate surface area is 180 Å². The fraction of sp³-hybridized carbons (Fsp3) is 0.105. The molecular weight excluding hydrogens is 441 g/mol. The molecule has 0 fully saturated rings. The maximum Gasteiger partial charge on any atom is 0.342 e. The van der Waals surface area contributed by atoms with Crippen LogP contribution >= 0.6 is 46.5 Å². The van der Waals surface area contributed by atoms with Crippen LogP contribution in [0, 0.1) is 0 Å². The molecule has 1 aromatic heterocycles. The Bertz CT molecular complexity index is 931. The zero-order valence-corrected chi connectivity index (χ0v) is 17.5. The third-order valence-corrected chi connectivity index (χ3v) is 6.25. The van der Waals surface area contributed by atoms with Crippen LogP contribution in [0.1, 0.15) is 10.4 Å². The molecule has 0 aliphatic rings. The number of hydrogen-bond donors (Lipinski definition) is 2. The summed E-state index contributed by atoms with van der Waals surface area (Å²) in [5, 5.41) is 10.6. The Balaban J connectivity index is 1.49. The van der Waals surface area contributed by atoms with Gasteiger partial charge in [-0.25, -0.2) is 4.79 Å².